The monoisotopic (exact) mass is 548 g/mol. The Morgan fingerprint density at radius 3 is 2.82 bits per heavy atom. The van der Waals surface area contributed by atoms with Gasteiger partial charge < -0.3 is 20.1 Å². The van der Waals surface area contributed by atoms with Gasteiger partial charge in [-0.15, -0.1) is 0 Å². The van der Waals surface area contributed by atoms with Gasteiger partial charge in [0.25, 0.3) is 0 Å². The maximum absolute atomic E-state index is 14.3. The van der Waals surface area contributed by atoms with Gasteiger partial charge in [-0.1, -0.05) is 29.7 Å². The standard InChI is InChI=1S/C29H30ClFN6O2/c30-24-4-1-3-18-11-23(38)12-19(26(18)24)5-8-25-33-27(36-15-21-6-7-22(16-36)32-21)35-28(34-25)39-17-29-9-2-10-37(29)14-20(31)13-29/h1,3-4,11-12,20-22,32,38H,2,6-7,9-10,13-17H2/t20-,21-,22+,29+/m1/s1. The molecule has 0 radical (unpaired) electrons. The predicted molar refractivity (Wildman–Crippen MR) is 147 cm³/mol. The number of fused-ring (bicyclic) bond motifs is 4. The molecule has 4 saturated heterocycles. The number of piperazine rings is 1. The zero-order valence-electron chi connectivity index (χ0n) is 21.5. The number of nitrogens with zero attached hydrogens (tertiary/aromatic N) is 5. The van der Waals surface area contributed by atoms with Gasteiger partial charge in [0.2, 0.25) is 11.8 Å². The number of phenols is 1. The minimum atomic E-state index is -0.829. The summed E-state index contributed by atoms with van der Waals surface area (Å²) in [5, 5.41) is 16.0. The summed E-state index contributed by atoms with van der Waals surface area (Å²) in [6, 6.07) is 9.80. The van der Waals surface area contributed by atoms with Crippen LogP contribution < -0.4 is 15.0 Å². The van der Waals surface area contributed by atoms with Gasteiger partial charge in [-0.2, -0.15) is 15.0 Å². The Morgan fingerprint density at radius 1 is 1.13 bits per heavy atom. The molecule has 8 nitrogen and oxygen atoms in total. The first-order valence-corrected chi connectivity index (χ1v) is 14.0. The SMILES string of the molecule is Oc1cc(C#Cc2nc(OC[C@@]34CCCN3C[C@H](F)C4)nc(N3C[C@H]4CC[C@@H](C3)N4)n2)c2c(Cl)cccc2c1. The molecule has 0 unspecified atom stereocenters. The third kappa shape index (κ3) is 4.75. The van der Waals surface area contributed by atoms with E-state index in [0.717, 1.165) is 56.1 Å². The predicted octanol–water partition coefficient (Wildman–Crippen LogP) is 3.68. The summed E-state index contributed by atoms with van der Waals surface area (Å²) in [4.78, 5) is 18.3. The van der Waals surface area contributed by atoms with Gasteiger partial charge in [0.15, 0.2) is 0 Å². The lowest BCUT2D eigenvalue weighted by Crippen LogP contribution is -2.51. The molecule has 10 heteroatoms. The van der Waals surface area contributed by atoms with E-state index in [0.29, 0.717) is 48.2 Å². The number of hydrogen-bond donors (Lipinski definition) is 2. The molecule has 2 N–H and O–H groups in total. The smallest absolute Gasteiger partial charge is 0.322 e. The van der Waals surface area contributed by atoms with Crippen LogP contribution in [0.4, 0.5) is 10.3 Å². The van der Waals surface area contributed by atoms with E-state index in [9.17, 15) is 9.50 Å². The Hall–Kier alpha value is -3.19. The van der Waals surface area contributed by atoms with Crippen molar-refractivity contribution in [3.8, 4) is 23.6 Å². The van der Waals surface area contributed by atoms with E-state index >= 15 is 0 Å². The van der Waals surface area contributed by atoms with Crippen LogP contribution in [-0.4, -0.2) is 81.5 Å². The Labute approximate surface area is 231 Å². The normalized spacial score (nSPS) is 27.9. The van der Waals surface area contributed by atoms with Crippen molar-refractivity contribution in [1.82, 2.24) is 25.2 Å². The topological polar surface area (TPSA) is 86.6 Å². The molecule has 0 saturated carbocycles. The van der Waals surface area contributed by atoms with E-state index in [1.165, 1.54) is 0 Å². The second kappa shape index (κ2) is 9.77. The summed E-state index contributed by atoms with van der Waals surface area (Å²) in [5.74, 6) is 7.11. The van der Waals surface area contributed by atoms with Crippen LogP contribution in [0.25, 0.3) is 10.8 Å². The molecule has 5 heterocycles. The second-order valence-corrected chi connectivity index (χ2v) is 11.6. The maximum atomic E-state index is 14.3. The van der Waals surface area contributed by atoms with Crippen molar-refractivity contribution in [2.45, 2.75) is 55.9 Å². The Bertz CT molecular complexity index is 1480. The lowest BCUT2D eigenvalue weighted by molar-refractivity contribution is 0.107. The third-order valence-electron chi connectivity index (χ3n) is 8.55. The molecule has 0 aliphatic carbocycles. The van der Waals surface area contributed by atoms with Crippen LogP contribution in [0.15, 0.2) is 30.3 Å². The van der Waals surface area contributed by atoms with Gasteiger partial charge in [-0.25, -0.2) is 4.39 Å². The fourth-order valence-corrected chi connectivity index (χ4v) is 7.09. The van der Waals surface area contributed by atoms with Crippen LogP contribution in [0.2, 0.25) is 5.02 Å². The summed E-state index contributed by atoms with van der Waals surface area (Å²) in [7, 11) is 0. The van der Waals surface area contributed by atoms with Crippen LogP contribution in [-0.2, 0) is 0 Å². The molecule has 4 fully saturated rings. The Kier molecular flexibility index (Phi) is 6.22. The van der Waals surface area contributed by atoms with E-state index < -0.39 is 6.17 Å². The zero-order chi connectivity index (χ0) is 26.6. The van der Waals surface area contributed by atoms with Crippen molar-refractivity contribution in [3.63, 3.8) is 0 Å². The molecule has 0 amide bonds. The maximum Gasteiger partial charge on any atom is 0.322 e. The highest BCUT2D eigenvalue weighted by Gasteiger charge is 2.49. The molecule has 0 spiro atoms. The number of aromatic hydroxyl groups is 1. The van der Waals surface area contributed by atoms with Gasteiger partial charge in [-0.05, 0) is 61.7 Å². The number of rotatable bonds is 4. The second-order valence-electron chi connectivity index (χ2n) is 11.2. The van der Waals surface area contributed by atoms with E-state index in [1.807, 2.05) is 12.1 Å². The lowest BCUT2D eigenvalue weighted by Gasteiger charge is -2.33. The lowest BCUT2D eigenvalue weighted by atomic mass is 9.95. The number of benzene rings is 2. The highest BCUT2D eigenvalue weighted by Crippen LogP contribution is 2.40. The summed E-state index contributed by atoms with van der Waals surface area (Å²) >= 11 is 6.48. The van der Waals surface area contributed by atoms with Crippen LogP contribution in [0.3, 0.4) is 0 Å². The minimum Gasteiger partial charge on any atom is -0.508 e. The number of aromatic nitrogens is 3. The molecular weight excluding hydrogens is 519 g/mol. The van der Waals surface area contributed by atoms with E-state index in [4.69, 9.17) is 26.3 Å². The van der Waals surface area contributed by atoms with Crippen molar-refractivity contribution in [2.75, 3.05) is 37.7 Å². The summed E-state index contributed by atoms with van der Waals surface area (Å²) in [6.45, 7) is 3.31. The first kappa shape index (κ1) is 24.8. The van der Waals surface area contributed by atoms with E-state index in [-0.39, 0.29) is 23.1 Å². The highest BCUT2D eigenvalue weighted by molar-refractivity contribution is 6.36. The molecule has 3 aromatic rings. The summed E-state index contributed by atoms with van der Waals surface area (Å²) in [5.41, 5.74) is 0.282. The van der Waals surface area contributed by atoms with Crippen LogP contribution >= 0.6 is 11.6 Å². The van der Waals surface area contributed by atoms with Crippen molar-refractivity contribution in [1.29, 1.82) is 0 Å². The van der Waals surface area contributed by atoms with Gasteiger partial charge in [-0.3, -0.25) is 4.90 Å². The van der Waals surface area contributed by atoms with Crippen molar-refractivity contribution in [2.24, 2.45) is 0 Å². The van der Waals surface area contributed by atoms with Crippen molar-refractivity contribution < 1.29 is 14.2 Å². The minimum absolute atomic E-state index is 0.105. The number of anilines is 1. The molecular formula is C29H30ClFN6O2. The van der Waals surface area contributed by atoms with Gasteiger partial charge >= 0.3 is 6.01 Å². The van der Waals surface area contributed by atoms with Gasteiger partial charge in [0.05, 0.1) is 5.54 Å². The molecule has 2 aromatic carbocycles. The first-order valence-electron chi connectivity index (χ1n) is 13.7. The molecule has 7 rings (SSSR count). The van der Waals surface area contributed by atoms with Gasteiger partial charge in [0, 0.05) is 54.1 Å². The average molecular weight is 549 g/mol. The molecule has 202 valence electrons. The molecule has 1 aromatic heterocycles. The molecule has 4 atom stereocenters. The quantitative estimate of drug-likeness (QED) is 0.478. The Balaban J connectivity index is 1.23. The summed E-state index contributed by atoms with van der Waals surface area (Å²) in [6.07, 6.45) is 3.87. The molecule has 4 aliphatic rings. The van der Waals surface area contributed by atoms with Crippen LogP contribution in [0, 0.1) is 11.8 Å². The fraction of sp³-hybridized carbons (Fsp3) is 0.483. The first-order chi connectivity index (χ1) is 18.9. The zero-order valence-corrected chi connectivity index (χ0v) is 22.3. The average Bonchev–Trinajstić information content (AvgIpc) is 3.56. The van der Waals surface area contributed by atoms with E-state index in [2.05, 4.69) is 31.9 Å². The number of halogens is 2. The molecule has 4 aliphatic heterocycles. The van der Waals surface area contributed by atoms with E-state index in [1.54, 1.807) is 18.2 Å². The Morgan fingerprint density at radius 2 is 1.97 bits per heavy atom. The summed E-state index contributed by atoms with van der Waals surface area (Å²) < 4.78 is 20.5. The number of hydrogen-bond acceptors (Lipinski definition) is 8. The van der Waals surface area contributed by atoms with Crippen LogP contribution in [0.5, 0.6) is 11.8 Å². The largest absolute Gasteiger partial charge is 0.508 e. The molecule has 39 heavy (non-hydrogen) atoms. The number of nitrogens with one attached hydrogen (secondary N) is 1. The number of alkyl halides is 1. The third-order valence-corrected chi connectivity index (χ3v) is 8.87. The van der Waals surface area contributed by atoms with Crippen molar-refractivity contribution >= 4 is 28.3 Å². The van der Waals surface area contributed by atoms with Crippen LogP contribution in [0.1, 0.15) is 43.5 Å². The number of phenolic OH excluding ortho intramolecular Hbond substituents is 1. The molecule has 2 bridgehead atoms. The number of ether oxygens (including phenoxy) is 1. The van der Waals surface area contributed by atoms with Crippen molar-refractivity contribution in [3.05, 3.63) is 46.7 Å². The highest BCUT2D eigenvalue weighted by atomic mass is 35.5. The fourth-order valence-electron chi connectivity index (χ4n) is 6.80. The van der Waals surface area contributed by atoms with Gasteiger partial charge in [0.1, 0.15) is 18.5 Å².